The average molecular weight is 397 g/mol. The maximum Gasteiger partial charge on any atom is 0.435 e. The lowest BCUT2D eigenvalue weighted by Gasteiger charge is -2.14. The summed E-state index contributed by atoms with van der Waals surface area (Å²) in [4.78, 5) is 18.0. The minimum atomic E-state index is -4.66. The zero-order valence-corrected chi connectivity index (χ0v) is 15.7. The summed E-state index contributed by atoms with van der Waals surface area (Å²) in [5, 5.41) is 2.81. The van der Waals surface area contributed by atoms with E-state index in [9.17, 15) is 18.0 Å². The van der Waals surface area contributed by atoms with Gasteiger partial charge in [-0.3, -0.25) is 4.79 Å². The summed E-state index contributed by atoms with van der Waals surface area (Å²) in [6.07, 6.45) is -0.539. The highest BCUT2D eigenvalue weighted by molar-refractivity contribution is 7.17. The van der Waals surface area contributed by atoms with Gasteiger partial charge in [-0.15, -0.1) is 11.3 Å². The van der Waals surface area contributed by atoms with Gasteiger partial charge in [0.05, 0.1) is 0 Å². The maximum atomic E-state index is 13.3. The van der Waals surface area contributed by atoms with Gasteiger partial charge in [-0.05, 0) is 45.3 Å². The Morgan fingerprint density at radius 3 is 2.52 bits per heavy atom. The van der Waals surface area contributed by atoms with E-state index in [0.717, 1.165) is 43.8 Å². The molecule has 0 atom stereocenters. The fourth-order valence-electron chi connectivity index (χ4n) is 3.12. The predicted molar refractivity (Wildman–Crippen MR) is 99.8 cm³/mol. The summed E-state index contributed by atoms with van der Waals surface area (Å²) in [5.41, 5.74) is -0.543. The first kappa shape index (κ1) is 19.8. The molecule has 1 aliphatic heterocycles. The lowest BCUT2D eigenvalue weighted by atomic mass is 10.2. The van der Waals surface area contributed by atoms with Crippen molar-refractivity contribution < 1.29 is 18.0 Å². The van der Waals surface area contributed by atoms with Crippen LogP contribution in [0.15, 0.2) is 30.3 Å². The van der Waals surface area contributed by atoms with E-state index < -0.39 is 17.8 Å². The number of nitrogens with one attached hydrogen (secondary N) is 1. The van der Waals surface area contributed by atoms with Gasteiger partial charge in [0.15, 0.2) is 5.69 Å². The summed E-state index contributed by atoms with van der Waals surface area (Å²) < 4.78 is 39.9. The summed E-state index contributed by atoms with van der Waals surface area (Å²) in [6, 6.07) is 8.59. The number of aromatic nitrogens is 1. The van der Waals surface area contributed by atoms with Crippen LogP contribution in [-0.2, 0) is 6.18 Å². The predicted octanol–water partition coefficient (Wildman–Crippen LogP) is 4.43. The third kappa shape index (κ3) is 5.29. The van der Waals surface area contributed by atoms with Crippen LogP contribution >= 0.6 is 11.3 Å². The van der Waals surface area contributed by atoms with E-state index >= 15 is 0 Å². The van der Waals surface area contributed by atoms with E-state index in [2.05, 4.69) is 15.2 Å². The number of nitrogens with zero attached hydrogens (tertiary/aromatic N) is 2. The number of benzene rings is 1. The Hall–Kier alpha value is -1.93. The zero-order valence-electron chi connectivity index (χ0n) is 14.9. The molecule has 0 bridgehead atoms. The lowest BCUT2D eigenvalue weighted by Crippen LogP contribution is -2.27. The van der Waals surface area contributed by atoms with Gasteiger partial charge in [-0.25, -0.2) is 4.98 Å². The molecular weight excluding hydrogens is 375 g/mol. The highest BCUT2D eigenvalue weighted by Crippen LogP contribution is 2.37. The number of carbonyl (C=O) groups excluding carboxylic acids is 1. The molecule has 1 aliphatic rings. The molecule has 4 nitrogen and oxygen atoms in total. The quantitative estimate of drug-likeness (QED) is 0.703. The second-order valence-electron chi connectivity index (χ2n) is 6.57. The minimum absolute atomic E-state index is 0.196. The summed E-state index contributed by atoms with van der Waals surface area (Å²) in [5.74, 6) is -0.705. The number of unbranched alkanes of at least 4 members (excludes halogenated alkanes) is 1. The fourth-order valence-corrected chi connectivity index (χ4v) is 4.13. The van der Waals surface area contributed by atoms with Gasteiger partial charge in [0.2, 0.25) is 0 Å². The molecule has 1 aromatic carbocycles. The van der Waals surface area contributed by atoms with Crippen molar-refractivity contribution in [1.82, 2.24) is 15.2 Å². The topological polar surface area (TPSA) is 45.2 Å². The summed E-state index contributed by atoms with van der Waals surface area (Å²) in [7, 11) is 0. The second-order valence-corrected chi connectivity index (χ2v) is 7.57. The van der Waals surface area contributed by atoms with Crippen LogP contribution in [-0.4, -0.2) is 42.0 Å². The lowest BCUT2D eigenvalue weighted by molar-refractivity contribution is -0.141. The number of hydrogen-bond donors (Lipinski definition) is 1. The molecule has 1 fully saturated rings. The van der Waals surface area contributed by atoms with Crippen LogP contribution in [0, 0.1) is 0 Å². The van der Waals surface area contributed by atoms with E-state index in [-0.39, 0.29) is 9.88 Å². The number of carbonyl (C=O) groups is 1. The van der Waals surface area contributed by atoms with Gasteiger partial charge < -0.3 is 10.2 Å². The number of alkyl halides is 3. The molecule has 1 aromatic heterocycles. The Balaban J connectivity index is 1.61. The van der Waals surface area contributed by atoms with Crippen LogP contribution in [0.1, 0.15) is 41.0 Å². The molecule has 27 heavy (non-hydrogen) atoms. The third-order valence-electron chi connectivity index (χ3n) is 4.51. The van der Waals surface area contributed by atoms with E-state index in [4.69, 9.17) is 0 Å². The second kappa shape index (κ2) is 8.84. The van der Waals surface area contributed by atoms with Gasteiger partial charge in [0, 0.05) is 12.1 Å². The molecule has 0 radical (unpaired) electrons. The standard InChI is InChI=1S/C19H22F3N3OS/c20-19(21,22)16-15(27-18(24-16)14-8-2-1-3-9-14)17(26)23-10-4-5-11-25-12-6-7-13-25/h1-3,8-9H,4-7,10-13H2,(H,23,26). The van der Waals surface area contributed by atoms with Crippen molar-refractivity contribution in [3.05, 3.63) is 40.9 Å². The summed E-state index contributed by atoms with van der Waals surface area (Å²) >= 11 is 0.780. The van der Waals surface area contributed by atoms with Crippen molar-refractivity contribution in [2.24, 2.45) is 0 Å². The van der Waals surface area contributed by atoms with Crippen LogP contribution < -0.4 is 5.32 Å². The van der Waals surface area contributed by atoms with Crippen LogP contribution in [0.3, 0.4) is 0 Å². The molecule has 0 unspecified atom stereocenters. The van der Waals surface area contributed by atoms with Crippen LogP contribution in [0.5, 0.6) is 0 Å². The first-order valence-electron chi connectivity index (χ1n) is 9.09. The van der Waals surface area contributed by atoms with Gasteiger partial charge in [0.25, 0.3) is 5.91 Å². The maximum absolute atomic E-state index is 13.3. The first-order chi connectivity index (χ1) is 12.9. The zero-order chi connectivity index (χ0) is 19.3. The van der Waals surface area contributed by atoms with Crippen molar-refractivity contribution in [2.45, 2.75) is 31.9 Å². The summed E-state index contributed by atoms with van der Waals surface area (Å²) in [6.45, 7) is 3.57. The highest BCUT2D eigenvalue weighted by Gasteiger charge is 2.39. The largest absolute Gasteiger partial charge is 0.435 e. The smallest absolute Gasteiger partial charge is 0.351 e. The Labute approximate surface area is 160 Å². The Bertz CT molecular complexity index is 755. The van der Waals surface area contributed by atoms with Crippen molar-refractivity contribution in [2.75, 3.05) is 26.2 Å². The number of thiazole rings is 1. The van der Waals surface area contributed by atoms with E-state index in [1.54, 1.807) is 30.3 Å². The minimum Gasteiger partial charge on any atom is -0.351 e. The van der Waals surface area contributed by atoms with E-state index in [1.807, 2.05) is 0 Å². The molecule has 1 saturated heterocycles. The Morgan fingerprint density at radius 2 is 1.85 bits per heavy atom. The third-order valence-corrected chi connectivity index (χ3v) is 5.61. The number of halogens is 3. The molecule has 8 heteroatoms. The van der Waals surface area contributed by atoms with Crippen LogP contribution in [0.25, 0.3) is 10.6 Å². The molecule has 2 heterocycles. The van der Waals surface area contributed by atoms with E-state index in [1.165, 1.54) is 12.8 Å². The van der Waals surface area contributed by atoms with E-state index in [0.29, 0.717) is 12.1 Å². The average Bonchev–Trinajstić information content (AvgIpc) is 3.31. The first-order valence-corrected chi connectivity index (χ1v) is 9.91. The molecule has 1 amide bonds. The SMILES string of the molecule is O=C(NCCCCN1CCCC1)c1sc(-c2ccccc2)nc1C(F)(F)F. The number of hydrogen-bond acceptors (Lipinski definition) is 4. The number of amides is 1. The molecular formula is C19H22F3N3OS. The van der Waals surface area contributed by atoms with Gasteiger partial charge >= 0.3 is 6.18 Å². The molecule has 0 saturated carbocycles. The van der Waals surface area contributed by atoms with Crippen molar-refractivity contribution in [3.8, 4) is 10.6 Å². The highest BCUT2D eigenvalue weighted by atomic mass is 32.1. The molecule has 0 spiro atoms. The fraction of sp³-hybridized carbons (Fsp3) is 0.474. The molecule has 3 rings (SSSR count). The van der Waals surface area contributed by atoms with Gasteiger partial charge in [-0.2, -0.15) is 13.2 Å². The Kier molecular flexibility index (Phi) is 6.49. The molecule has 1 N–H and O–H groups in total. The number of likely N-dealkylation sites (tertiary alicyclic amines) is 1. The van der Waals surface area contributed by atoms with Gasteiger partial charge in [-0.1, -0.05) is 30.3 Å². The van der Waals surface area contributed by atoms with Crippen LogP contribution in [0.2, 0.25) is 0 Å². The number of rotatable bonds is 7. The monoisotopic (exact) mass is 397 g/mol. The molecule has 0 aliphatic carbocycles. The van der Waals surface area contributed by atoms with Crippen molar-refractivity contribution >= 4 is 17.2 Å². The van der Waals surface area contributed by atoms with Crippen molar-refractivity contribution in [1.29, 1.82) is 0 Å². The normalized spacial score (nSPS) is 15.2. The Morgan fingerprint density at radius 1 is 1.15 bits per heavy atom. The van der Waals surface area contributed by atoms with Crippen LogP contribution in [0.4, 0.5) is 13.2 Å². The van der Waals surface area contributed by atoms with Gasteiger partial charge in [0.1, 0.15) is 9.88 Å². The molecule has 2 aromatic rings. The van der Waals surface area contributed by atoms with Crippen molar-refractivity contribution in [3.63, 3.8) is 0 Å². The molecule has 146 valence electrons.